The maximum atomic E-state index is 10.4. The molecular formula is C35H30O30. The molecule has 5 aromatic carbocycles. The van der Waals surface area contributed by atoms with Crippen LogP contribution in [0.1, 0.15) is 51.8 Å². The van der Waals surface area contributed by atoms with Crippen LogP contribution in [0.2, 0.25) is 0 Å². The van der Waals surface area contributed by atoms with Gasteiger partial charge in [0.15, 0.2) is 80.1 Å². The molecule has 25 N–H and O–H groups in total. The van der Waals surface area contributed by atoms with Crippen LogP contribution in [0, 0.1) is 0 Å². The summed E-state index contributed by atoms with van der Waals surface area (Å²) in [6.45, 7) is 0. The van der Waals surface area contributed by atoms with Crippen molar-refractivity contribution in [2.45, 2.75) is 0 Å². The molecule has 0 aliphatic heterocycles. The van der Waals surface area contributed by atoms with Crippen molar-refractivity contribution in [3.05, 3.63) is 58.1 Å². The maximum absolute atomic E-state index is 10.4. The smallest absolute Gasteiger partial charge is 0.343 e. The van der Waals surface area contributed by atoms with Gasteiger partial charge in [-0.05, 0) is 0 Å². The van der Waals surface area contributed by atoms with Gasteiger partial charge in [0.2, 0.25) is 34.5 Å². The summed E-state index contributed by atoms with van der Waals surface area (Å²) in [6.07, 6.45) is 0. The first kappa shape index (κ1) is 52.5. The molecule has 0 aliphatic carbocycles. The van der Waals surface area contributed by atoms with E-state index < -0.39 is 173 Å². The number of phenolic OH excluding ortho intramolecular Hbond substituents is 12. The molecule has 0 spiro atoms. The lowest BCUT2D eigenvalue weighted by Crippen LogP contribution is -1.98. The Labute approximate surface area is 354 Å². The molecule has 5 aromatic rings. The van der Waals surface area contributed by atoms with E-state index in [9.17, 15) is 24.0 Å². The summed E-state index contributed by atoms with van der Waals surface area (Å²) < 4.78 is 0. The number of aromatic hydroxyl groups is 20. The van der Waals surface area contributed by atoms with Crippen molar-refractivity contribution in [3.63, 3.8) is 0 Å². The highest BCUT2D eigenvalue weighted by atomic mass is 16.4. The van der Waals surface area contributed by atoms with Crippen LogP contribution in [-0.2, 0) is 0 Å². The summed E-state index contributed by atoms with van der Waals surface area (Å²) in [5.74, 6) is -26.7. The fraction of sp³-hybridized carbons (Fsp3) is 0. The van der Waals surface area contributed by atoms with Gasteiger partial charge < -0.3 is 128 Å². The average molecular weight is 931 g/mol. The Morgan fingerprint density at radius 3 is 0.877 bits per heavy atom. The largest absolute Gasteiger partial charge is 0.507 e. The third-order valence-electron chi connectivity index (χ3n) is 7.26. The molecule has 5 rings (SSSR count). The van der Waals surface area contributed by atoms with E-state index in [4.69, 9.17) is 128 Å². The van der Waals surface area contributed by atoms with Crippen LogP contribution in [0.15, 0.2) is 30.3 Å². The van der Waals surface area contributed by atoms with Gasteiger partial charge in [-0.2, -0.15) is 0 Å². The van der Waals surface area contributed by atoms with E-state index in [-0.39, 0.29) is 0 Å². The molecule has 0 fully saturated rings. The van der Waals surface area contributed by atoms with Gasteiger partial charge in [0.1, 0.15) is 28.2 Å². The highest BCUT2D eigenvalue weighted by Crippen LogP contribution is 2.51. The van der Waals surface area contributed by atoms with Gasteiger partial charge in [0.05, 0.1) is 0 Å². The summed E-state index contributed by atoms with van der Waals surface area (Å²) >= 11 is 0. The fourth-order valence-electron chi connectivity index (χ4n) is 4.10. The van der Waals surface area contributed by atoms with Crippen molar-refractivity contribution in [2.24, 2.45) is 0 Å². The Morgan fingerprint density at radius 2 is 0.477 bits per heavy atom. The molecule has 30 heteroatoms. The Morgan fingerprint density at radius 1 is 0.215 bits per heavy atom. The number of carboxylic acid groups (broad SMARTS) is 5. The van der Waals surface area contributed by atoms with E-state index in [1.54, 1.807) is 0 Å². The molecule has 0 amide bonds. The van der Waals surface area contributed by atoms with E-state index in [1.165, 1.54) is 0 Å². The molecule has 65 heavy (non-hydrogen) atoms. The molecule has 30 nitrogen and oxygen atoms in total. The van der Waals surface area contributed by atoms with Crippen LogP contribution in [-0.4, -0.2) is 158 Å². The highest BCUT2D eigenvalue weighted by Gasteiger charge is 2.28. The summed E-state index contributed by atoms with van der Waals surface area (Å²) in [4.78, 5) is 51.9. The topological polar surface area (TPSA) is 591 Å². The Balaban J connectivity index is 0.000000407. The summed E-state index contributed by atoms with van der Waals surface area (Å²) in [7, 11) is 0. The van der Waals surface area contributed by atoms with E-state index >= 15 is 0 Å². The Hall–Kier alpha value is -10.6. The van der Waals surface area contributed by atoms with Gasteiger partial charge in [0.25, 0.3) is 0 Å². The van der Waals surface area contributed by atoms with Crippen molar-refractivity contribution < 1.29 is 152 Å². The van der Waals surface area contributed by atoms with Gasteiger partial charge in [-0.1, -0.05) is 0 Å². The fourth-order valence-corrected chi connectivity index (χ4v) is 4.10. The second-order valence-electron chi connectivity index (χ2n) is 11.5. The monoisotopic (exact) mass is 930 g/mol. The van der Waals surface area contributed by atoms with Crippen LogP contribution < -0.4 is 0 Å². The van der Waals surface area contributed by atoms with Crippen LogP contribution in [0.4, 0.5) is 0 Å². The SMILES string of the molecule is O=C(O)c1c(O)c(O)c(O)c(O)c1O.O=C(O)c1c(O)c(O)cc(O)c1O.O=C(O)c1c(O)cc(O)c(O)c1O.O=C(O)c1cc(O)c(O)c(O)c1O.O=C(O)c1cc(O)c(O)cc1O. The average Bonchev–Trinajstić information content (AvgIpc) is 3.20. The number of phenols is 20. The zero-order valence-corrected chi connectivity index (χ0v) is 31.1. The number of hydrogen-bond donors (Lipinski definition) is 25. The first-order valence-corrected chi connectivity index (χ1v) is 15.7. The van der Waals surface area contributed by atoms with Gasteiger partial charge in [0, 0.05) is 30.3 Å². The number of carbonyl (C=O) groups is 5. The van der Waals surface area contributed by atoms with E-state index in [2.05, 4.69) is 0 Å². The molecule has 0 aromatic heterocycles. The Bertz CT molecular complexity index is 2650. The van der Waals surface area contributed by atoms with Crippen LogP contribution in [0.3, 0.4) is 0 Å². The molecule has 0 radical (unpaired) electrons. The van der Waals surface area contributed by atoms with Gasteiger partial charge in [-0.3, -0.25) is 0 Å². The number of rotatable bonds is 5. The minimum atomic E-state index is -1.76. The zero-order chi connectivity index (χ0) is 50.9. The van der Waals surface area contributed by atoms with Crippen molar-refractivity contribution in [2.75, 3.05) is 0 Å². The predicted octanol–water partition coefficient (Wildman–Crippen LogP) is 1.04. The van der Waals surface area contributed by atoms with Gasteiger partial charge in [-0.15, -0.1) is 0 Å². The quantitative estimate of drug-likeness (QED) is 0.0864. The van der Waals surface area contributed by atoms with E-state index in [0.29, 0.717) is 18.2 Å². The number of hydrogen-bond acceptors (Lipinski definition) is 25. The molecule has 0 aliphatic rings. The minimum absolute atomic E-state index is 0.453. The summed E-state index contributed by atoms with van der Waals surface area (Å²) in [5.41, 5.74) is -4.01. The first-order valence-electron chi connectivity index (χ1n) is 15.7. The lowest BCUT2D eigenvalue weighted by Gasteiger charge is -2.08. The van der Waals surface area contributed by atoms with Gasteiger partial charge in [-0.25, -0.2) is 24.0 Å². The molecule has 0 unspecified atom stereocenters. The third-order valence-corrected chi connectivity index (χ3v) is 7.26. The van der Waals surface area contributed by atoms with Crippen LogP contribution >= 0.6 is 0 Å². The third kappa shape index (κ3) is 11.8. The normalized spacial score (nSPS) is 9.85. The highest BCUT2D eigenvalue weighted by molar-refractivity contribution is 5.98. The van der Waals surface area contributed by atoms with Crippen molar-refractivity contribution >= 4 is 29.8 Å². The lowest BCUT2D eigenvalue weighted by molar-refractivity contribution is 0.0677. The van der Waals surface area contributed by atoms with E-state index in [0.717, 1.165) is 12.1 Å². The van der Waals surface area contributed by atoms with Crippen LogP contribution in [0.25, 0.3) is 0 Å². The van der Waals surface area contributed by atoms with Crippen molar-refractivity contribution in [1.82, 2.24) is 0 Å². The second kappa shape index (κ2) is 20.6. The molecule has 350 valence electrons. The van der Waals surface area contributed by atoms with Crippen molar-refractivity contribution in [1.29, 1.82) is 0 Å². The zero-order valence-electron chi connectivity index (χ0n) is 31.1. The van der Waals surface area contributed by atoms with Crippen molar-refractivity contribution in [3.8, 4) is 115 Å². The number of aromatic carboxylic acids is 5. The molecule has 0 heterocycles. The molecule has 0 atom stereocenters. The molecular weight excluding hydrogens is 900 g/mol. The number of carboxylic acids is 5. The number of benzene rings is 5. The lowest BCUT2D eigenvalue weighted by atomic mass is 10.1. The standard InChI is InChI=1S/C7H6O7.3C7H6O6.C7H6O5/c8-2-1(7(13)14)3(9)5(11)6(12)4(2)10;8-2-1-3(9)6(11)4(5(2)10)7(12)13;8-2-1-3(9)5(10)6(11)4(2)7(12)13;8-3-1-2(7(12)13)4(9)6(11)5(3)10;8-4-2-6(10)5(9)1-3(4)7(11)12/h8-12H,(H,13,14);3*1,8-11H,(H,12,13);1-2,8-10H,(H,11,12). The molecule has 0 saturated carbocycles. The second-order valence-corrected chi connectivity index (χ2v) is 11.5. The minimum Gasteiger partial charge on any atom is -0.507 e. The first-order chi connectivity index (χ1) is 29.7. The molecule has 0 saturated heterocycles. The predicted molar refractivity (Wildman–Crippen MR) is 200 cm³/mol. The van der Waals surface area contributed by atoms with E-state index in [1.807, 2.05) is 0 Å². The van der Waals surface area contributed by atoms with Crippen LogP contribution in [0.5, 0.6) is 115 Å². The summed E-state index contributed by atoms with van der Waals surface area (Å²) in [5, 5.41) is 220. The Kier molecular flexibility index (Phi) is 16.6. The molecule has 0 bridgehead atoms. The summed E-state index contributed by atoms with van der Waals surface area (Å²) in [6, 6.07) is 3.42. The maximum Gasteiger partial charge on any atom is 0.343 e. The van der Waals surface area contributed by atoms with Gasteiger partial charge >= 0.3 is 29.8 Å².